The van der Waals surface area contributed by atoms with Gasteiger partial charge in [-0.05, 0) is 25.6 Å². The van der Waals surface area contributed by atoms with Crippen molar-refractivity contribution in [3.63, 3.8) is 0 Å². The van der Waals surface area contributed by atoms with Crippen LogP contribution in [0.15, 0.2) is 24.3 Å². The number of nitrogens with zero attached hydrogens (tertiary/aromatic N) is 1. The predicted octanol–water partition coefficient (Wildman–Crippen LogP) is 0.430. The van der Waals surface area contributed by atoms with Crippen LogP contribution in [-0.2, 0) is 9.59 Å². The highest BCUT2D eigenvalue weighted by Crippen LogP contribution is 2.26. The monoisotopic (exact) mass is 247 g/mol. The fourth-order valence-corrected chi connectivity index (χ4v) is 2.10. The Morgan fingerprint density at radius 1 is 1.22 bits per heavy atom. The van der Waals surface area contributed by atoms with Crippen LogP contribution < -0.4 is 15.5 Å². The average Bonchev–Trinajstić information content (AvgIpc) is 2.36. The van der Waals surface area contributed by atoms with Crippen LogP contribution in [0.25, 0.3) is 0 Å². The first-order valence-corrected chi connectivity index (χ1v) is 5.95. The summed E-state index contributed by atoms with van der Waals surface area (Å²) in [5.74, 6) is -0.503. The number of carbonyl (C=O) groups is 2. The fraction of sp³-hybridized carbons (Fsp3) is 0.385. The zero-order chi connectivity index (χ0) is 13.1. The highest BCUT2D eigenvalue weighted by atomic mass is 16.2. The molecule has 0 aliphatic carbocycles. The quantitative estimate of drug-likeness (QED) is 0.760. The lowest BCUT2D eigenvalue weighted by Crippen LogP contribution is -2.51. The molecule has 2 amide bonds. The second-order valence-electron chi connectivity index (χ2n) is 4.40. The molecule has 0 aromatic heterocycles. The Labute approximate surface area is 106 Å². The zero-order valence-electron chi connectivity index (χ0n) is 10.6. The minimum atomic E-state index is -0.252. The van der Waals surface area contributed by atoms with Gasteiger partial charge in [0.1, 0.15) is 0 Å². The van der Waals surface area contributed by atoms with Crippen LogP contribution >= 0.6 is 0 Å². The second-order valence-corrected chi connectivity index (χ2v) is 4.40. The summed E-state index contributed by atoms with van der Waals surface area (Å²) in [4.78, 5) is 24.6. The Morgan fingerprint density at radius 2 is 1.83 bits per heavy atom. The number of amides is 2. The summed E-state index contributed by atoms with van der Waals surface area (Å²) in [7, 11) is 1.88. The molecule has 1 heterocycles. The lowest BCUT2D eigenvalue weighted by Gasteiger charge is -2.30. The van der Waals surface area contributed by atoms with E-state index in [1.807, 2.05) is 43.1 Å². The van der Waals surface area contributed by atoms with Crippen molar-refractivity contribution in [2.24, 2.45) is 0 Å². The molecule has 1 atom stereocenters. The molecule has 0 radical (unpaired) electrons. The molecule has 0 spiro atoms. The Balaban J connectivity index is 2.32. The molecule has 18 heavy (non-hydrogen) atoms. The van der Waals surface area contributed by atoms with Crippen LogP contribution in [0.4, 0.5) is 5.69 Å². The van der Waals surface area contributed by atoms with Gasteiger partial charge in [0.2, 0.25) is 11.8 Å². The van der Waals surface area contributed by atoms with E-state index >= 15 is 0 Å². The summed E-state index contributed by atoms with van der Waals surface area (Å²) in [6.45, 7) is 2.49. The van der Waals surface area contributed by atoms with Crippen LogP contribution in [0.2, 0.25) is 0 Å². The molecule has 1 aliphatic rings. The number of anilines is 1. The van der Waals surface area contributed by atoms with Crippen LogP contribution in [0.3, 0.4) is 0 Å². The fourth-order valence-electron chi connectivity index (χ4n) is 2.10. The van der Waals surface area contributed by atoms with E-state index in [1.165, 1.54) is 0 Å². The summed E-state index contributed by atoms with van der Waals surface area (Å²) in [5.41, 5.74) is 2.02. The lowest BCUT2D eigenvalue weighted by atomic mass is 10.0. The number of carbonyl (C=O) groups excluding carboxylic acids is 2. The van der Waals surface area contributed by atoms with E-state index in [4.69, 9.17) is 0 Å². The lowest BCUT2D eigenvalue weighted by molar-refractivity contribution is -0.130. The molecule has 0 saturated carbocycles. The average molecular weight is 247 g/mol. The molecule has 2 rings (SSSR count). The number of nitrogens with one attached hydrogen (secondary N) is 2. The third-order valence-corrected chi connectivity index (χ3v) is 3.12. The number of para-hydroxylation sites is 1. The van der Waals surface area contributed by atoms with Crippen molar-refractivity contribution in [3.8, 4) is 0 Å². The third-order valence-electron chi connectivity index (χ3n) is 3.12. The van der Waals surface area contributed by atoms with Crippen LogP contribution in [0.1, 0.15) is 18.5 Å². The molecule has 1 unspecified atom stereocenters. The molecule has 1 saturated heterocycles. The van der Waals surface area contributed by atoms with Gasteiger partial charge in [-0.3, -0.25) is 14.9 Å². The first kappa shape index (κ1) is 12.6. The highest BCUT2D eigenvalue weighted by Gasteiger charge is 2.24. The minimum absolute atomic E-state index is 0.168. The molecular weight excluding hydrogens is 230 g/mol. The molecule has 96 valence electrons. The maximum Gasteiger partial charge on any atom is 0.246 e. The van der Waals surface area contributed by atoms with Gasteiger partial charge < -0.3 is 10.2 Å². The number of hydrogen-bond acceptors (Lipinski definition) is 4. The molecule has 1 aromatic rings. The van der Waals surface area contributed by atoms with Gasteiger partial charge >= 0.3 is 0 Å². The van der Waals surface area contributed by atoms with E-state index in [9.17, 15) is 9.59 Å². The third kappa shape index (κ3) is 2.51. The summed E-state index contributed by atoms with van der Waals surface area (Å²) < 4.78 is 0. The van der Waals surface area contributed by atoms with Gasteiger partial charge in [0.15, 0.2) is 0 Å². The Kier molecular flexibility index (Phi) is 3.62. The molecule has 0 bridgehead atoms. The largest absolute Gasteiger partial charge is 0.353 e. The summed E-state index contributed by atoms with van der Waals surface area (Å²) in [6.07, 6.45) is 0. The molecule has 1 aliphatic heterocycles. The molecule has 1 aromatic carbocycles. The van der Waals surface area contributed by atoms with Crippen molar-refractivity contribution in [1.29, 1.82) is 0 Å². The van der Waals surface area contributed by atoms with Gasteiger partial charge in [0, 0.05) is 11.7 Å². The Morgan fingerprint density at radius 3 is 2.44 bits per heavy atom. The van der Waals surface area contributed by atoms with Crippen LogP contribution in [-0.4, -0.2) is 32.0 Å². The zero-order valence-corrected chi connectivity index (χ0v) is 10.6. The standard InChI is InChI=1S/C13H17N3O2/c1-9(14-2)10-5-3-4-6-11(10)16-7-12(17)15-13(18)8-16/h3-6,9,14H,7-8H2,1-2H3,(H,15,17,18). The van der Waals surface area contributed by atoms with Gasteiger partial charge in [-0.15, -0.1) is 0 Å². The number of imide groups is 1. The van der Waals surface area contributed by atoms with E-state index in [1.54, 1.807) is 0 Å². The van der Waals surface area contributed by atoms with E-state index < -0.39 is 0 Å². The summed E-state index contributed by atoms with van der Waals surface area (Å²) in [6, 6.07) is 7.99. The van der Waals surface area contributed by atoms with Gasteiger partial charge in [0.05, 0.1) is 13.1 Å². The van der Waals surface area contributed by atoms with E-state index in [-0.39, 0.29) is 30.9 Å². The topological polar surface area (TPSA) is 61.4 Å². The first-order valence-electron chi connectivity index (χ1n) is 5.95. The molecule has 5 heteroatoms. The van der Waals surface area contributed by atoms with Crippen molar-refractivity contribution >= 4 is 17.5 Å². The number of benzene rings is 1. The predicted molar refractivity (Wildman–Crippen MR) is 69.3 cm³/mol. The molecule has 5 nitrogen and oxygen atoms in total. The van der Waals surface area contributed by atoms with Crippen LogP contribution in [0.5, 0.6) is 0 Å². The second kappa shape index (κ2) is 5.18. The van der Waals surface area contributed by atoms with E-state index in [0.717, 1.165) is 11.3 Å². The number of piperazine rings is 1. The van der Waals surface area contributed by atoms with Crippen molar-refractivity contribution in [2.45, 2.75) is 13.0 Å². The molecular formula is C13H17N3O2. The SMILES string of the molecule is CNC(C)c1ccccc1N1CC(=O)NC(=O)C1. The van der Waals surface area contributed by atoms with E-state index in [0.29, 0.717) is 0 Å². The van der Waals surface area contributed by atoms with Crippen molar-refractivity contribution in [2.75, 3.05) is 25.0 Å². The Bertz CT molecular complexity index is 457. The highest BCUT2D eigenvalue weighted by molar-refractivity contribution is 6.02. The van der Waals surface area contributed by atoms with Gasteiger partial charge in [-0.25, -0.2) is 0 Å². The maximum atomic E-state index is 11.4. The van der Waals surface area contributed by atoms with Gasteiger partial charge in [0.25, 0.3) is 0 Å². The Hall–Kier alpha value is -1.88. The van der Waals surface area contributed by atoms with Crippen molar-refractivity contribution in [3.05, 3.63) is 29.8 Å². The normalized spacial score (nSPS) is 17.6. The first-order chi connectivity index (χ1) is 8.61. The van der Waals surface area contributed by atoms with Crippen LogP contribution in [0, 0.1) is 0 Å². The van der Waals surface area contributed by atoms with Crippen molar-refractivity contribution < 1.29 is 9.59 Å². The minimum Gasteiger partial charge on any atom is -0.353 e. The molecule has 2 N–H and O–H groups in total. The maximum absolute atomic E-state index is 11.4. The summed E-state index contributed by atoms with van der Waals surface area (Å²) in [5, 5.41) is 5.48. The smallest absolute Gasteiger partial charge is 0.246 e. The molecule has 1 fully saturated rings. The van der Waals surface area contributed by atoms with E-state index in [2.05, 4.69) is 10.6 Å². The number of hydrogen-bond donors (Lipinski definition) is 2. The van der Waals surface area contributed by atoms with Gasteiger partial charge in [-0.2, -0.15) is 0 Å². The van der Waals surface area contributed by atoms with Crippen molar-refractivity contribution in [1.82, 2.24) is 10.6 Å². The number of rotatable bonds is 3. The summed E-state index contributed by atoms with van der Waals surface area (Å²) >= 11 is 0. The van der Waals surface area contributed by atoms with Gasteiger partial charge in [-0.1, -0.05) is 18.2 Å².